The van der Waals surface area contributed by atoms with E-state index in [1.54, 1.807) is 19.1 Å². The number of carbonyl (C=O) groups is 2. The predicted molar refractivity (Wildman–Crippen MR) is 69.1 cm³/mol. The molecule has 1 aliphatic carbocycles. The summed E-state index contributed by atoms with van der Waals surface area (Å²) in [5.74, 6) is -0.518. The maximum Gasteiger partial charge on any atom is 0.356 e. The van der Waals surface area contributed by atoms with Crippen LogP contribution in [0.4, 0.5) is 0 Å². The molecule has 1 aromatic carbocycles. The Bertz CT molecular complexity index is 692. The smallest absolute Gasteiger partial charge is 0.356 e. The van der Waals surface area contributed by atoms with E-state index in [2.05, 4.69) is 4.98 Å². The van der Waals surface area contributed by atoms with E-state index in [4.69, 9.17) is 4.74 Å². The summed E-state index contributed by atoms with van der Waals surface area (Å²) in [5.41, 5.74) is 3.01. The van der Waals surface area contributed by atoms with Crippen LogP contribution in [0, 0.1) is 0 Å². The highest BCUT2D eigenvalue weighted by atomic mass is 16.5. The maximum absolute atomic E-state index is 12.1. The second-order valence-electron chi connectivity index (χ2n) is 4.21. The zero-order chi connectivity index (χ0) is 13.4. The standard InChI is InChI=1S/C15H11NO3/c1-2-19-15(18)13-7-11-9-5-3-4-6-10(9)14(17)12(11)8-16-13/h3-8H,2H2,1H3. The van der Waals surface area contributed by atoms with Crippen LogP contribution in [0.25, 0.3) is 11.1 Å². The number of benzene rings is 1. The molecule has 19 heavy (non-hydrogen) atoms. The summed E-state index contributed by atoms with van der Waals surface area (Å²) in [5, 5.41) is 0. The minimum Gasteiger partial charge on any atom is -0.461 e. The van der Waals surface area contributed by atoms with Crippen LogP contribution in [0.15, 0.2) is 36.5 Å². The van der Waals surface area contributed by atoms with Crippen LogP contribution >= 0.6 is 0 Å². The molecule has 0 amide bonds. The second kappa shape index (κ2) is 4.31. The Morgan fingerprint density at radius 1 is 1.16 bits per heavy atom. The lowest BCUT2D eigenvalue weighted by atomic mass is 10.1. The molecule has 0 atom stereocenters. The van der Waals surface area contributed by atoms with Gasteiger partial charge in [-0.1, -0.05) is 24.3 Å². The molecule has 0 spiro atoms. The first kappa shape index (κ1) is 11.6. The van der Waals surface area contributed by atoms with Crippen molar-refractivity contribution in [2.24, 2.45) is 0 Å². The molecule has 1 heterocycles. The summed E-state index contributed by atoms with van der Waals surface area (Å²) >= 11 is 0. The molecular formula is C15H11NO3. The third kappa shape index (κ3) is 1.73. The van der Waals surface area contributed by atoms with Crippen molar-refractivity contribution in [2.45, 2.75) is 6.92 Å². The lowest BCUT2D eigenvalue weighted by molar-refractivity contribution is 0.0519. The minimum absolute atomic E-state index is 0.0477. The quantitative estimate of drug-likeness (QED) is 0.658. The highest BCUT2D eigenvalue weighted by molar-refractivity contribution is 6.21. The number of fused-ring (bicyclic) bond motifs is 3. The largest absolute Gasteiger partial charge is 0.461 e. The first-order valence-electron chi connectivity index (χ1n) is 6.03. The van der Waals surface area contributed by atoms with Crippen LogP contribution in [-0.4, -0.2) is 23.3 Å². The Morgan fingerprint density at radius 2 is 1.89 bits per heavy atom. The minimum atomic E-state index is -0.470. The van der Waals surface area contributed by atoms with E-state index in [-0.39, 0.29) is 11.5 Å². The fourth-order valence-electron chi connectivity index (χ4n) is 2.24. The van der Waals surface area contributed by atoms with Gasteiger partial charge in [0.25, 0.3) is 0 Å². The zero-order valence-corrected chi connectivity index (χ0v) is 10.3. The van der Waals surface area contributed by atoms with E-state index in [1.165, 1.54) is 6.20 Å². The van der Waals surface area contributed by atoms with E-state index in [0.29, 0.717) is 17.7 Å². The monoisotopic (exact) mass is 253 g/mol. The fraction of sp³-hybridized carbons (Fsp3) is 0.133. The second-order valence-corrected chi connectivity index (χ2v) is 4.21. The molecule has 3 rings (SSSR count). The Kier molecular flexibility index (Phi) is 2.63. The molecule has 0 radical (unpaired) electrons. The molecule has 0 aliphatic heterocycles. The third-order valence-electron chi connectivity index (χ3n) is 3.10. The van der Waals surface area contributed by atoms with E-state index in [1.807, 2.05) is 18.2 Å². The molecular weight excluding hydrogens is 242 g/mol. The number of ketones is 1. The van der Waals surface area contributed by atoms with Crippen molar-refractivity contribution >= 4 is 11.8 Å². The first-order chi connectivity index (χ1) is 9.22. The summed E-state index contributed by atoms with van der Waals surface area (Å²) < 4.78 is 4.92. The van der Waals surface area contributed by atoms with E-state index in [9.17, 15) is 9.59 Å². The summed E-state index contributed by atoms with van der Waals surface area (Å²) in [6, 6.07) is 8.96. The molecule has 0 saturated carbocycles. The molecule has 4 heteroatoms. The Balaban J connectivity index is 2.13. The number of hydrogen-bond acceptors (Lipinski definition) is 4. The lowest BCUT2D eigenvalue weighted by Gasteiger charge is -2.03. The molecule has 0 unspecified atom stereocenters. The fourth-order valence-corrected chi connectivity index (χ4v) is 2.24. The number of rotatable bonds is 2. The number of esters is 1. The number of hydrogen-bond donors (Lipinski definition) is 0. The average Bonchev–Trinajstić information content (AvgIpc) is 2.73. The number of aromatic nitrogens is 1. The molecule has 1 aliphatic rings. The van der Waals surface area contributed by atoms with Crippen molar-refractivity contribution in [3.63, 3.8) is 0 Å². The lowest BCUT2D eigenvalue weighted by Crippen LogP contribution is -2.07. The first-order valence-corrected chi connectivity index (χ1v) is 6.03. The Labute approximate surface area is 110 Å². The van der Waals surface area contributed by atoms with Gasteiger partial charge >= 0.3 is 5.97 Å². The predicted octanol–water partition coefficient (Wildman–Crippen LogP) is 2.47. The van der Waals surface area contributed by atoms with Gasteiger partial charge in [-0.15, -0.1) is 0 Å². The van der Waals surface area contributed by atoms with Gasteiger partial charge in [0.15, 0.2) is 5.78 Å². The van der Waals surface area contributed by atoms with Gasteiger partial charge in [-0.3, -0.25) is 4.79 Å². The van der Waals surface area contributed by atoms with Gasteiger partial charge in [0, 0.05) is 17.3 Å². The van der Waals surface area contributed by atoms with E-state index >= 15 is 0 Å². The molecule has 4 nitrogen and oxygen atoms in total. The number of pyridine rings is 1. The average molecular weight is 253 g/mol. The number of carbonyl (C=O) groups excluding carboxylic acids is 2. The highest BCUT2D eigenvalue weighted by Crippen LogP contribution is 2.36. The molecule has 0 saturated heterocycles. The summed E-state index contributed by atoms with van der Waals surface area (Å²) in [6.07, 6.45) is 1.45. The van der Waals surface area contributed by atoms with Crippen LogP contribution in [0.2, 0.25) is 0 Å². The van der Waals surface area contributed by atoms with Crippen molar-refractivity contribution in [1.82, 2.24) is 4.98 Å². The summed E-state index contributed by atoms with van der Waals surface area (Å²) in [7, 11) is 0. The van der Waals surface area contributed by atoms with Crippen molar-refractivity contribution in [3.05, 3.63) is 53.3 Å². The Hall–Kier alpha value is -2.49. The van der Waals surface area contributed by atoms with Crippen molar-refractivity contribution < 1.29 is 14.3 Å². The van der Waals surface area contributed by atoms with Crippen LogP contribution < -0.4 is 0 Å². The van der Waals surface area contributed by atoms with Gasteiger partial charge in [-0.2, -0.15) is 0 Å². The summed E-state index contributed by atoms with van der Waals surface area (Å²) in [4.78, 5) is 27.8. The zero-order valence-electron chi connectivity index (χ0n) is 10.3. The van der Waals surface area contributed by atoms with Crippen molar-refractivity contribution in [1.29, 1.82) is 0 Å². The van der Waals surface area contributed by atoms with Crippen LogP contribution in [0.3, 0.4) is 0 Å². The van der Waals surface area contributed by atoms with Gasteiger partial charge in [0.1, 0.15) is 5.69 Å². The Morgan fingerprint density at radius 3 is 2.63 bits per heavy atom. The molecule has 2 aromatic rings. The third-order valence-corrected chi connectivity index (χ3v) is 3.10. The maximum atomic E-state index is 12.1. The molecule has 94 valence electrons. The normalized spacial score (nSPS) is 11.9. The van der Waals surface area contributed by atoms with Gasteiger partial charge in [0.2, 0.25) is 0 Å². The van der Waals surface area contributed by atoms with Crippen LogP contribution in [0.5, 0.6) is 0 Å². The molecule has 0 N–H and O–H groups in total. The topological polar surface area (TPSA) is 56.3 Å². The van der Waals surface area contributed by atoms with Crippen molar-refractivity contribution in [3.8, 4) is 11.1 Å². The van der Waals surface area contributed by atoms with E-state index < -0.39 is 5.97 Å². The van der Waals surface area contributed by atoms with Gasteiger partial charge in [-0.25, -0.2) is 9.78 Å². The van der Waals surface area contributed by atoms with Crippen molar-refractivity contribution in [2.75, 3.05) is 6.61 Å². The molecule has 1 aromatic heterocycles. The highest BCUT2D eigenvalue weighted by Gasteiger charge is 2.27. The number of nitrogens with zero attached hydrogens (tertiary/aromatic N) is 1. The SMILES string of the molecule is CCOC(=O)c1cc2c(cn1)C(=O)c1ccccc1-2. The van der Waals surface area contributed by atoms with Crippen LogP contribution in [0.1, 0.15) is 33.3 Å². The summed E-state index contributed by atoms with van der Waals surface area (Å²) in [6.45, 7) is 2.04. The van der Waals surface area contributed by atoms with E-state index in [0.717, 1.165) is 11.1 Å². The molecule has 0 fully saturated rings. The molecule has 0 bridgehead atoms. The van der Waals surface area contributed by atoms with Gasteiger partial charge < -0.3 is 4.74 Å². The number of ether oxygens (including phenoxy) is 1. The van der Waals surface area contributed by atoms with Crippen LogP contribution in [-0.2, 0) is 4.74 Å². The van der Waals surface area contributed by atoms with Gasteiger partial charge in [0.05, 0.1) is 6.61 Å². The van der Waals surface area contributed by atoms with Gasteiger partial charge in [-0.05, 0) is 24.1 Å².